The molecule has 0 aliphatic carbocycles. The Bertz CT molecular complexity index is 1110. The molecule has 0 fully saturated rings. The van der Waals surface area contributed by atoms with E-state index in [0.29, 0.717) is 16.5 Å². The summed E-state index contributed by atoms with van der Waals surface area (Å²) in [6, 6.07) is 37.2. The van der Waals surface area contributed by atoms with Crippen LogP contribution in [0.4, 0.5) is 0 Å². The molecule has 4 rings (SSSR count). The first-order chi connectivity index (χ1) is 16.6. The van der Waals surface area contributed by atoms with Crippen LogP contribution in [0.5, 0.6) is 0 Å². The summed E-state index contributed by atoms with van der Waals surface area (Å²) in [5, 5.41) is 11.9. The number of hydrogen-bond donors (Lipinski definition) is 1. The van der Waals surface area contributed by atoms with Crippen molar-refractivity contribution in [3.63, 3.8) is 0 Å². The van der Waals surface area contributed by atoms with Crippen molar-refractivity contribution in [1.29, 1.82) is 0 Å². The first kappa shape index (κ1) is 24.5. The average Bonchev–Trinajstić information content (AvgIpc) is 2.87. The minimum atomic E-state index is -0.615. The van der Waals surface area contributed by atoms with E-state index in [1.807, 2.05) is 24.3 Å². The Morgan fingerprint density at radius 1 is 0.588 bits per heavy atom. The molecule has 0 heterocycles. The van der Waals surface area contributed by atoms with Gasteiger partial charge in [0.15, 0.2) is 0 Å². The summed E-state index contributed by atoms with van der Waals surface area (Å²) >= 11 is 12.3. The zero-order chi connectivity index (χ0) is 23.8. The Labute approximate surface area is 212 Å². The zero-order valence-corrected chi connectivity index (χ0v) is 20.5. The van der Waals surface area contributed by atoms with E-state index in [1.54, 1.807) is 12.1 Å². The minimum absolute atomic E-state index is 0.138. The van der Waals surface area contributed by atoms with E-state index in [2.05, 4.69) is 77.7 Å². The maximum Gasteiger partial charge on any atom is 0.0791 e. The highest BCUT2D eigenvalue weighted by molar-refractivity contribution is 6.42. The number of aliphatic hydroxyl groups is 1. The second-order valence-corrected chi connectivity index (χ2v) is 9.38. The van der Waals surface area contributed by atoms with Gasteiger partial charge in [0, 0.05) is 19.1 Å². The second-order valence-electron chi connectivity index (χ2n) is 8.57. The predicted octanol–water partition coefficient (Wildman–Crippen LogP) is 8.25. The Hall–Kier alpha value is -2.62. The average molecular weight is 490 g/mol. The van der Waals surface area contributed by atoms with Crippen molar-refractivity contribution < 1.29 is 5.11 Å². The van der Waals surface area contributed by atoms with Gasteiger partial charge in [0.05, 0.1) is 16.1 Å². The molecule has 0 aliphatic rings. The fourth-order valence-corrected chi connectivity index (χ4v) is 4.66. The monoisotopic (exact) mass is 489 g/mol. The van der Waals surface area contributed by atoms with Crippen molar-refractivity contribution in [3.8, 4) is 0 Å². The van der Waals surface area contributed by atoms with Gasteiger partial charge in [-0.05, 0) is 47.2 Å². The Morgan fingerprint density at radius 3 is 1.65 bits per heavy atom. The van der Waals surface area contributed by atoms with Crippen LogP contribution in [-0.4, -0.2) is 10.0 Å². The predicted molar refractivity (Wildman–Crippen MR) is 142 cm³/mol. The largest absolute Gasteiger partial charge is 0.388 e. The minimum Gasteiger partial charge on any atom is -0.388 e. The summed E-state index contributed by atoms with van der Waals surface area (Å²) in [6.45, 7) is 1.64. The van der Waals surface area contributed by atoms with Gasteiger partial charge in [0.25, 0.3) is 0 Å². The second kappa shape index (κ2) is 12.2. The van der Waals surface area contributed by atoms with E-state index in [-0.39, 0.29) is 6.04 Å². The standard InChI is InChI=1S/C30H29Cl2NO/c31-27-17-16-26(20-28(27)32)30(34)19-18-29(25-14-8-3-9-15-25)33(21-23-10-4-1-5-11-23)22-24-12-6-2-7-13-24/h1-17,20,29-30,34H,18-19,21-22H2/t29-,30-/m0/s1. The molecule has 1 N–H and O–H groups in total. The number of nitrogens with zero attached hydrogens (tertiary/aromatic N) is 1. The van der Waals surface area contributed by atoms with Gasteiger partial charge in [-0.1, -0.05) is 120 Å². The van der Waals surface area contributed by atoms with Crippen LogP contribution in [0.2, 0.25) is 10.0 Å². The van der Waals surface area contributed by atoms with Gasteiger partial charge in [0.1, 0.15) is 0 Å². The van der Waals surface area contributed by atoms with Crippen molar-refractivity contribution in [2.24, 2.45) is 0 Å². The van der Waals surface area contributed by atoms with E-state index < -0.39 is 6.10 Å². The molecule has 0 bridgehead atoms. The molecule has 0 amide bonds. The van der Waals surface area contributed by atoms with Crippen molar-refractivity contribution in [2.45, 2.75) is 38.1 Å². The maximum atomic E-state index is 11.0. The summed E-state index contributed by atoms with van der Waals surface area (Å²) in [5.74, 6) is 0. The molecular weight excluding hydrogens is 461 g/mol. The van der Waals surface area contributed by atoms with E-state index in [9.17, 15) is 5.11 Å². The molecule has 0 saturated heterocycles. The molecule has 0 radical (unpaired) electrons. The molecule has 0 saturated carbocycles. The number of aliphatic hydroxyl groups excluding tert-OH is 1. The van der Waals surface area contributed by atoms with Crippen LogP contribution in [0.1, 0.15) is 47.2 Å². The van der Waals surface area contributed by atoms with E-state index in [0.717, 1.165) is 25.1 Å². The summed E-state index contributed by atoms with van der Waals surface area (Å²) in [5.41, 5.74) is 4.57. The normalized spacial score (nSPS) is 13.1. The highest BCUT2D eigenvalue weighted by Gasteiger charge is 2.23. The maximum absolute atomic E-state index is 11.0. The van der Waals surface area contributed by atoms with Gasteiger partial charge in [-0.15, -0.1) is 0 Å². The molecule has 0 unspecified atom stereocenters. The fourth-order valence-electron chi connectivity index (χ4n) is 4.35. The topological polar surface area (TPSA) is 23.5 Å². The summed E-state index contributed by atoms with van der Waals surface area (Å²) in [4.78, 5) is 2.50. The molecule has 4 aromatic rings. The zero-order valence-electron chi connectivity index (χ0n) is 19.0. The van der Waals surface area contributed by atoms with Crippen LogP contribution in [-0.2, 0) is 13.1 Å². The lowest BCUT2D eigenvalue weighted by molar-refractivity contribution is 0.122. The van der Waals surface area contributed by atoms with Crippen LogP contribution in [0, 0.1) is 0 Å². The molecule has 0 spiro atoms. The Kier molecular flexibility index (Phi) is 8.79. The van der Waals surface area contributed by atoms with E-state index >= 15 is 0 Å². The lowest BCUT2D eigenvalue weighted by atomic mass is 9.95. The van der Waals surface area contributed by atoms with Crippen LogP contribution in [0.25, 0.3) is 0 Å². The molecule has 34 heavy (non-hydrogen) atoms. The molecule has 4 heteroatoms. The molecule has 4 aromatic carbocycles. The van der Waals surface area contributed by atoms with Gasteiger partial charge >= 0.3 is 0 Å². The van der Waals surface area contributed by atoms with Crippen molar-refractivity contribution in [1.82, 2.24) is 4.90 Å². The number of hydrogen-bond acceptors (Lipinski definition) is 2. The number of benzene rings is 4. The molecular formula is C30H29Cl2NO. The Morgan fingerprint density at radius 2 is 1.12 bits per heavy atom. The van der Waals surface area contributed by atoms with Crippen molar-refractivity contribution in [2.75, 3.05) is 0 Å². The molecule has 2 nitrogen and oxygen atoms in total. The summed E-state index contributed by atoms with van der Waals surface area (Å²) < 4.78 is 0. The first-order valence-corrected chi connectivity index (χ1v) is 12.4. The smallest absolute Gasteiger partial charge is 0.0791 e. The molecule has 0 aliphatic heterocycles. The third-order valence-corrected chi connectivity index (χ3v) is 6.86. The van der Waals surface area contributed by atoms with Crippen LogP contribution < -0.4 is 0 Å². The Balaban J connectivity index is 1.61. The van der Waals surface area contributed by atoms with Gasteiger partial charge in [-0.2, -0.15) is 0 Å². The fraction of sp³-hybridized carbons (Fsp3) is 0.200. The van der Waals surface area contributed by atoms with Crippen molar-refractivity contribution >= 4 is 23.2 Å². The van der Waals surface area contributed by atoms with E-state index in [4.69, 9.17) is 23.2 Å². The van der Waals surface area contributed by atoms with Crippen LogP contribution in [0.3, 0.4) is 0 Å². The quantitative estimate of drug-likeness (QED) is 0.242. The molecule has 0 aromatic heterocycles. The summed E-state index contributed by atoms with van der Waals surface area (Å²) in [6.07, 6.45) is 0.791. The first-order valence-electron chi connectivity index (χ1n) is 11.6. The summed E-state index contributed by atoms with van der Waals surface area (Å²) in [7, 11) is 0. The van der Waals surface area contributed by atoms with Crippen molar-refractivity contribution in [3.05, 3.63) is 141 Å². The van der Waals surface area contributed by atoms with Gasteiger partial charge in [0.2, 0.25) is 0 Å². The lowest BCUT2D eigenvalue weighted by Crippen LogP contribution is -2.28. The highest BCUT2D eigenvalue weighted by atomic mass is 35.5. The third kappa shape index (κ3) is 6.71. The SMILES string of the molecule is O[C@@H](CC[C@@H](c1ccccc1)N(Cc1ccccc1)Cc1ccccc1)c1ccc(Cl)c(Cl)c1. The highest BCUT2D eigenvalue weighted by Crippen LogP contribution is 2.33. The lowest BCUT2D eigenvalue weighted by Gasteiger charge is -2.33. The third-order valence-electron chi connectivity index (χ3n) is 6.12. The molecule has 174 valence electrons. The van der Waals surface area contributed by atoms with Gasteiger partial charge in [-0.3, -0.25) is 4.90 Å². The van der Waals surface area contributed by atoms with Crippen LogP contribution in [0.15, 0.2) is 109 Å². The van der Waals surface area contributed by atoms with Gasteiger partial charge < -0.3 is 5.11 Å². The van der Waals surface area contributed by atoms with Crippen LogP contribution >= 0.6 is 23.2 Å². The van der Waals surface area contributed by atoms with E-state index in [1.165, 1.54) is 16.7 Å². The molecule has 2 atom stereocenters. The van der Waals surface area contributed by atoms with Gasteiger partial charge in [-0.25, -0.2) is 0 Å². The number of rotatable bonds is 10. The number of halogens is 2.